The normalized spacial score (nSPS) is 19.2. The molecule has 1 atom stereocenters. The van der Waals surface area contributed by atoms with Crippen molar-refractivity contribution in [2.75, 3.05) is 23.3 Å². The quantitative estimate of drug-likeness (QED) is 0.896. The maximum atomic E-state index is 13.1. The van der Waals surface area contributed by atoms with Crippen molar-refractivity contribution in [3.8, 4) is 0 Å². The molecule has 2 aliphatic rings. The van der Waals surface area contributed by atoms with Gasteiger partial charge in [-0.2, -0.15) is 0 Å². The molecule has 1 unspecified atom stereocenters. The fraction of sp³-hybridized carbons (Fsp3) is 0.333. The molecule has 0 saturated carbocycles. The van der Waals surface area contributed by atoms with Crippen LogP contribution < -0.4 is 10.2 Å². The second kappa shape index (κ2) is 6.53. The van der Waals surface area contributed by atoms with E-state index < -0.39 is 6.04 Å². The van der Waals surface area contributed by atoms with E-state index in [4.69, 9.17) is 0 Å². The van der Waals surface area contributed by atoms with Crippen molar-refractivity contribution in [1.29, 1.82) is 0 Å². The first-order chi connectivity index (χ1) is 12.5. The van der Waals surface area contributed by atoms with Gasteiger partial charge in [-0.3, -0.25) is 14.4 Å². The van der Waals surface area contributed by atoms with E-state index in [1.54, 1.807) is 29.2 Å². The van der Waals surface area contributed by atoms with Gasteiger partial charge in [0.2, 0.25) is 11.8 Å². The molecule has 3 amide bonds. The Morgan fingerprint density at radius 2 is 2.15 bits per heavy atom. The topological polar surface area (TPSA) is 82.6 Å². The number of amides is 3. The number of thiazole rings is 1. The Balaban J connectivity index is 1.64. The molecule has 134 valence electrons. The third-order valence-electron chi connectivity index (χ3n) is 4.66. The summed E-state index contributed by atoms with van der Waals surface area (Å²) in [5.41, 5.74) is 1.78. The number of benzene rings is 1. The van der Waals surface area contributed by atoms with Crippen LogP contribution in [0.4, 0.5) is 10.8 Å². The van der Waals surface area contributed by atoms with Crippen LogP contribution in [0.25, 0.3) is 0 Å². The lowest BCUT2D eigenvalue weighted by atomic mass is 10.1. The fourth-order valence-electron chi connectivity index (χ4n) is 3.49. The van der Waals surface area contributed by atoms with Gasteiger partial charge in [-0.1, -0.05) is 12.1 Å². The van der Waals surface area contributed by atoms with E-state index in [0.29, 0.717) is 29.3 Å². The number of aromatic nitrogens is 1. The Bertz CT molecular complexity index is 894. The van der Waals surface area contributed by atoms with Gasteiger partial charge in [0.25, 0.3) is 5.91 Å². The summed E-state index contributed by atoms with van der Waals surface area (Å²) in [6.45, 7) is 2.27. The molecule has 2 aliphatic heterocycles. The van der Waals surface area contributed by atoms with E-state index >= 15 is 0 Å². The minimum absolute atomic E-state index is 0.144. The number of nitrogens with one attached hydrogen (secondary N) is 1. The van der Waals surface area contributed by atoms with E-state index in [1.165, 1.54) is 16.2 Å². The largest absolute Gasteiger partial charge is 0.327 e. The smallest absolute Gasteiger partial charge is 0.256 e. The van der Waals surface area contributed by atoms with Crippen LogP contribution in [0.15, 0.2) is 29.6 Å². The van der Waals surface area contributed by atoms with E-state index in [1.807, 2.05) is 12.3 Å². The van der Waals surface area contributed by atoms with Crippen LogP contribution in [-0.4, -0.2) is 46.7 Å². The van der Waals surface area contributed by atoms with Crippen molar-refractivity contribution in [3.63, 3.8) is 0 Å². The van der Waals surface area contributed by atoms with Gasteiger partial charge in [-0.05, 0) is 31.9 Å². The minimum Gasteiger partial charge on any atom is -0.327 e. The first-order valence-electron chi connectivity index (χ1n) is 8.48. The fourth-order valence-corrected chi connectivity index (χ4v) is 4.19. The molecular formula is C18H18N4O3S. The summed E-state index contributed by atoms with van der Waals surface area (Å²) in [5.74, 6) is -0.678. The Labute approximate surface area is 154 Å². The maximum absolute atomic E-state index is 13.1. The van der Waals surface area contributed by atoms with E-state index in [9.17, 15) is 14.4 Å². The van der Waals surface area contributed by atoms with Crippen LogP contribution in [0.5, 0.6) is 0 Å². The second-order valence-corrected chi connectivity index (χ2v) is 7.30. The number of hydrogen-bond donors (Lipinski definition) is 1. The Kier molecular flexibility index (Phi) is 4.20. The summed E-state index contributed by atoms with van der Waals surface area (Å²) in [5, 5.41) is 5.07. The molecule has 4 rings (SSSR count). The number of hydrogen-bond acceptors (Lipinski definition) is 5. The standard InChI is InChI=1S/C18H18N4O3S/c1-11-10-26-18(19-11)20-15(23)9-22-13-6-3-2-5-12(13)16(24)21-8-4-7-14(21)17(22)25/h2-3,5-6,10,14H,4,7-9H2,1H3,(H,19,20,23). The van der Waals surface area contributed by atoms with Crippen molar-refractivity contribution in [2.24, 2.45) is 0 Å². The average molecular weight is 370 g/mol. The van der Waals surface area contributed by atoms with Crippen molar-refractivity contribution < 1.29 is 14.4 Å². The van der Waals surface area contributed by atoms with Gasteiger partial charge in [0.1, 0.15) is 12.6 Å². The van der Waals surface area contributed by atoms with Crippen LogP contribution in [0.1, 0.15) is 28.9 Å². The number of aryl methyl sites for hydroxylation is 1. The van der Waals surface area contributed by atoms with Crippen molar-refractivity contribution >= 4 is 39.9 Å². The molecule has 0 radical (unpaired) electrons. The van der Waals surface area contributed by atoms with Crippen LogP contribution in [0.3, 0.4) is 0 Å². The number of nitrogens with zero attached hydrogens (tertiary/aromatic N) is 3. The molecular weight excluding hydrogens is 352 g/mol. The molecule has 1 aromatic heterocycles. The van der Waals surface area contributed by atoms with E-state index in [2.05, 4.69) is 10.3 Å². The molecule has 8 heteroatoms. The van der Waals surface area contributed by atoms with Crippen LogP contribution in [0, 0.1) is 6.92 Å². The minimum atomic E-state index is -0.496. The lowest BCUT2D eigenvalue weighted by Crippen LogP contribution is -2.47. The monoisotopic (exact) mass is 370 g/mol. The zero-order valence-electron chi connectivity index (χ0n) is 14.3. The summed E-state index contributed by atoms with van der Waals surface area (Å²) in [6.07, 6.45) is 1.42. The Morgan fingerprint density at radius 1 is 1.35 bits per heavy atom. The predicted molar refractivity (Wildman–Crippen MR) is 98.3 cm³/mol. The van der Waals surface area contributed by atoms with Crippen molar-refractivity contribution in [2.45, 2.75) is 25.8 Å². The summed E-state index contributed by atoms with van der Waals surface area (Å²) < 4.78 is 0. The molecule has 1 fully saturated rings. The lowest BCUT2D eigenvalue weighted by molar-refractivity contribution is -0.124. The second-order valence-electron chi connectivity index (χ2n) is 6.44. The van der Waals surface area contributed by atoms with Crippen LogP contribution >= 0.6 is 11.3 Å². The number of para-hydroxylation sites is 1. The van der Waals surface area contributed by atoms with Crippen LogP contribution in [0.2, 0.25) is 0 Å². The number of carbonyl (C=O) groups excluding carboxylic acids is 3. The zero-order chi connectivity index (χ0) is 18.3. The summed E-state index contributed by atoms with van der Waals surface area (Å²) in [7, 11) is 0. The van der Waals surface area contributed by atoms with Gasteiger partial charge < -0.3 is 15.1 Å². The highest BCUT2D eigenvalue weighted by molar-refractivity contribution is 7.13. The zero-order valence-corrected chi connectivity index (χ0v) is 15.1. The van der Waals surface area contributed by atoms with Gasteiger partial charge >= 0.3 is 0 Å². The molecule has 1 N–H and O–H groups in total. The molecule has 0 aliphatic carbocycles. The maximum Gasteiger partial charge on any atom is 0.256 e. The molecule has 7 nitrogen and oxygen atoms in total. The third-order valence-corrected chi connectivity index (χ3v) is 5.53. The lowest BCUT2D eigenvalue weighted by Gasteiger charge is -2.25. The highest BCUT2D eigenvalue weighted by Crippen LogP contribution is 2.32. The van der Waals surface area contributed by atoms with E-state index in [-0.39, 0.29) is 24.3 Å². The molecule has 26 heavy (non-hydrogen) atoms. The first-order valence-corrected chi connectivity index (χ1v) is 9.36. The number of carbonyl (C=O) groups is 3. The van der Waals surface area contributed by atoms with Gasteiger partial charge in [0, 0.05) is 11.9 Å². The molecule has 0 spiro atoms. The SMILES string of the molecule is Cc1csc(NC(=O)CN2C(=O)C3CCCN3C(=O)c3ccccc32)n1. The van der Waals surface area contributed by atoms with E-state index in [0.717, 1.165) is 12.1 Å². The molecule has 0 bridgehead atoms. The Hall–Kier alpha value is -2.74. The highest BCUT2D eigenvalue weighted by atomic mass is 32.1. The summed E-state index contributed by atoms with van der Waals surface area (Å²) in [4.78, 5) is 45.7. The van der Waals surface area contributed by atoms with Gasteiger partial charge in [0.15, 0.2) is 5.13 Å². The van der Waals surface area contributed by atoms with Gasteiger partial charge in [0.05, 0.1) is 16.9 Å². The van der Waals surface area contributed by atoms with Crippen molar-refractivity contribution in [3.05, 3.63) is 40.9 Å². The third kappa shape index (κ3) is 2.86. The van der Waals surface area contributed by atoms with Crippen molar-refractivity contribution in [1.82, 2.24) is 9.88 Å². The molecule has 1 saturated heterocycles. The predicted octanol–water partition coefficient (Wildman–Crippen LogP) is 2.04. The molecule has 2 aromatic rings. The summed E-state index contributed by atoms with van der Waals surface area (Å²) >= 11 is 1.34. The van der Waals surface area contributed by atoms with Gasteiger partial charge in [-0.15, -0.1) is 11.3 Å². The molecule has 3 heterocycles. The van der Waals surface area contributed by atoms with Gasteiger partial charge in [-0.25, -0.2) is 4.98 Å². The highest BCUT2D eigenvalue weighted by Gasteiger charge is 2.42. The first kappa shape index (κ1) is 16.7. The average Bonchev–Trinajstić information content (AvgIpc) is 3.26. The molecule has 1 aromatic carbocycles. The number of fused-ring (bicyclic) bond motifs is 2. The Morgan fingerprint density at radius 3 is 2.92 bits per heavy atom. The summed E-state index contributed by atoms with van der Waals surface area (Å²) in [6, 6.07) is 6.47. The van der Waals surface area contributed by atoms with Crippen LogP contribution in [-0.2, 0) is 9.59 Å². The number of rotatable bonds is 3. The number of anilines is 2.